The zero-order chi connectivity index (χ0) is 17.2. The molecule has 2 aromatic rings. The maximum atomic E-state index is 12.4. The van der Waals surface area contributed by atoms with Crippen LogP contribution in [0.15, 0.2) is 34.8 Å². The summed E-state index contributed by atoms with van der Waals surface area (Å²) in [7, 11) is 0. The van der Waals surface area contributed by atoms with Gasteiger partial charge in [-0.2, -0.15) is 0 Å². The number of hydrogen-bond donors (Lipinski definition) is 0. The van der Waals surface area contributed by atoms with Crippen LogP contribution in [0.2, 0.25) is 5.02 Å². The predicted molar refractivity (Wildman–Crippen MR) is 95.3 cm³/mol. The molecule has 0 N–H and O–H groups in total. The second-order valence-electron chi connectivity index (χ2n) is 6.71. The highest BCUT2D eigenvalue weighted by Gasteiger charge is 2.32. The highest BCUT2D eigenvalue weighted by Crippen LogP contribution is 2.40. The van der Waals surface area contributed by atoms with Crippen molar-refractivity contribution in [1.29, 1.82) is 0 Å². The van der Waals surface area contributed by atoms with Crippen molar-refractivity contribution in [2.45, 2.75) is 37.5 Å². The van der Waals surface area contributed by atoms with Gasteiger partial charge in [0.1, 0.15) is 0 Å². The van der Waals surface area contributed by atoms with Crippen molar-refractivity contribution in [3.8, 4) is 0 Å². The average Bonchev–Trinajstić information content (AvgIpc) is 3.38. The zero-order valence-electron chi connectivity index (χ0n) is 13.9. The third kappa shape index (κ3) is 3.76. The fourth-order valence-electron chi connectivity index (χ4n) is 3.13. The third-order valence-electron chi connectivity index (χ3n) is 4.85. The number of carbonyl (C=O) groups excluding carboxylic acids is 1. The Morgan fingerprint density at radius 2 is 1.72 bits per heavy atom. The number of nitrogens with zero attached hydrogens (tertiary/aromatic N) is 3. The van der Waals surface area contributed by atoms with E-state index in [-0.39, 0.29) is 11.8 Å². The second kappa shape index (κ2) is 7.00. The Morgan fingerprint density at radius 3 is 2.36 bits per heavy atom. The van der Waals surface area contributed by atoms with E-state index in [0.29, 0.717) is 24.0 Å². The molecule has 6 heteroatoms. The van der Waals surface area contributed by atoms with E-state index in [1.165, 1.54) is 0 Å². The van der Waals surface area contributed by atoms with Crippen LogP contribution in [-0.4, -0.2) is 34.1 Å². The van der Waals surface area contributed by atoms with Crippen molar-refractivity contribution < 1.29 is 9.21 Å². The van der Waals surface area contributed by atoms with Gasteiger partial charge in [0, 0.05) is 36.0 Å². The van der Waals surface area contributed by atoms with Gasteiger partial charge in [0.25, 0.3) is 0 Å². The molecular weight excluding hydrogens is 338 g/mol. The Morgan fingerprint density at radius 1 is 1.08 bits per heavy atom. The smallest absolute Gasteiger partial charge is 0.246 e. The minimum atomic E-state index is 0.0163. The van der Waals surface area contributed by atoms with E-state index < -0.39 is 0 Å². The van der Waals surface area contributed by atoms with Gasteiger partial charge in [-0.15, -0.1) is 10.2 Å². The van der Waals surface area contributed by atoms with Gasteiger partial charge in [-0.05, 0) is 43.4 Å². The summed E-state index contributed by atoms with van der Waals surface area (Å²) in [5.41, 5.74) is 0.853. The van der Waals surface area contributed by atoms with Crippen LogP contribution in [0.1, 0.15) is 54.9 Å². The SMILES string of the molecule is O=C(/C=C/c1ccccc1Cl)N1CCC(c2nnc(C3CC3)o2)CC1. The topological polar surface area (TPSA) is 59.2 Å². The number of amides is 1. The van der Waals surface area contributed by atoms with Crippen molar-refractivity contribution in [2.24, 2.45) is 0 Å². The molecule has 1 amide bonds. The van der Waals surface area contributed by atoms with Crippen LogP contribution >= 0.6 is 11.6 Å². The summed E-state index contributed by atoms with van der Waals surface area (Å²) < 4.78 is 5.81. The molecule has 1 aromatic carbocycles. The maximum absolute atomic E-state index is 12.4. The van der Waals surface area contributed by atoms with Gasteiger partial charge >= 0.3 is 0 Å². The summed E-state index contributed by atoms with van der Waals surface area (Å²) in [6.45, 7) is 1.41. The summed E-state index contributed by atoms with van der Waals surface area (Å²) >= 11 is 6.11. The second-order valence-corrected chi connectivity index (χ2v) is 7.11. The summed E-state index contributed by atoms with van der Waals surface area (Å²) in [5, 5.41) is 9.01. The molecule has 0 spiro atoms. The van der Waals surface area contributed by atoms with Crippen molar-refractivity contribution in [2.75, 3.05) is 13.1 Å². The van der Waals surface area contributed by atoms with Crippen LogP contribution in [0.3, 0.4) is 0 Å². The van der Waals surface area contributed by atoms with Gasteiger partial charge in [-0.25, -0.2) is 0 Å². The van der Waals surface area contributed by atoms with E-state index >= 15 is 0 Å². The molecular formula is C19H20ClN3O2. The highest BCUT2D eigenvalue weighted by molar-refractivity contribution is 6.32. The highest BCUT2D eigenvalue weighted by atomic mass is 35.5. The maximum Gasteiger partial charge on any atom is 0.246 e. The molecule has 1 aliphatic heterocycles. The molecule has 0 atom stereocenters. The van der Waals surface area contributed by atoms with Crippen molar-refractivity contribution in [3.63, 3.8) is 0 Å². The first-order valence-electron chi connectivity index (χ1n) is 8.75. The molecule has 0 unspecified atom stereocenters. The van der Waals surface area contributed by atoms with Crippen molar-refractivity contribution >= 4 is 23.6 Å². The van der Waals surface area contributed by atoms with E-state index in [4.69, 9.17) is 16.0 Å². The summed E-state index contributed by atoms with van der Waals surface area (Å²) in [6.07, 6.45) is 7.41. The van der Waals surface area contributed by atoms with Gasteiger partial charge in [-0.1, -0.05) is 29.8 Å². The normalized spacial score (nSPS) is 18.8. The number of carbonyl (C=O) groups is 1. The monoisotopic (exact) mass is 357 g/mol. The van der Waals surface area contributed by atoms with Crippen molar-refractivity contribution in [3.05, 3.63) is 52.7 Å². The molecule has 25 heavy (non-hydrogen) atoms. The number of likely N-dealkylation sites (tertiary alicyclic amines) is 1. The number of halogens is 1. The Bertz CT molecular complexity index is 789. The standard InChI is InChI=1S/C19H20ClN3O2/c20-16-4-2-1-3-13(16)7-8-17(24)23-11-9-15(10-12-23)19-22-21-18(25-19)14-5-6-14/h1-4,7-8,14-15H,5-6,9-12H2/b8-7+. The van der Waals surface area contributed by atoms with E-state index in [2.05, 4.69) is 10.2 Å². The van der Waals surface area contributed by atoms with Gasteiger partial charge in [0.15, 0.2) is 0 Å². The fourth-order valence-corrected chi connectivity index (χ4v) is 3.33. The Kier molecular flexibility index (Phi) is 4.57. The van der Waals surface area contributed by atoms with Crippen LogP contribution in [0.25, 0.3) is 6.08 Å². The van der Waals surface area contributed by atoms with Gasteiger partial charge in [0.05, 0.1) is 0 Å². The first kappa shape index (κ1) is 16.3. The number of hydrogen-bond acceptors (Lipinski definition) is 4. The Labute approximate surface area is 151 Å². The quantitative estimate of drug-likeness (QED) is 0.775. The molecule has 5 nitrogen and oxygen atoms in total. The molecule has 1 saturated carbocycles. The fraction of sp³-hybridized carbons (Fsp3) is 0.421. The molecule has 1 aromatic heterocycles. The van der Waals surface area contributed by atoms with E-state index in [9.17, 15) is 4.79 Å². The van der Waals surface area contributed by atoms with Crippen molar-refractivity contribution in [1.82, 2.24) is 15.1 Å². The minimum absolute atomic E-state index is 0.0163. The molecule has 130 valence electrons. The Balaban J connectivity index is 1.33. The van der Waals surface area contributed by atoms with Crippen LogP contribution in [-0.2, 0) is 4.79 Å². The molecule has 0 bridgehead atoms. The van der Waals surface area contributed by atoms with Crippen LogP contribution < -0.4 is 0 Å². The third-order valence-corrected chi connectivity index (χ3v) is 5.19. The molecule has 2 fully saturated rings. The lowest BCUT2D eigenvalue weighted by Gasteiger charge is -2.29. The molecule has 2 aliphatic rings. The average molecular weight is 358 g/mol. The number of aromatic nitrogens is 2. The van der Waals surface area contributed by atoms with Crippen LogP contribution in [0, 0.1) is 0 Å². The first-order valence-corrected chi connectivity index (χ1v) is 9.13. The van der Waals surface area contributed by atoms with Gasteiger partial charge < -0.3 is 9.32 Å². The molecule has 1 saturated heterocycles. The lowest BCUT2D eigenvalue weighted by Crippen LogP contribution is -2.36. The van der Waals surface area contributed by atoms with Gasteiger partial charge in [-0.3, -0.25) is 4.79 Å². The largest absolute Gasteiger partial charge is 0.425 e. The summed E-state index contributed by atoms with van der Waals surface area (Å²) in [6, 6.07) is 7.49. The summed E-state index contributed by atoms with van der Waals surface area (Å²) in [5.74, 6) is 2.29. The summed E-state index contributed by atoms with van der Waals surface area (Å²) in [4.78, 5) is 14.2. The molecule has 0 radical (unpaired) electrons. The molecule has 1 aliphatic carbocycles. The first-order chi connectivity index (χ1) is 12.2. The lowest BCUT2D eigenvalue weighted by molar-refractivity contribution is -0.127. The van der Waals surface area contributed by atoms with Gasteiger partial charge in [0.2, 0.25) is 17.7 Å². The lowest BCUT2D eigenvalue weighted by atomic mass is 9.97. The van der Waals surface area contributed by atoms with Crippen LogP contribution in [0.4, 0.5) is 0 Å². The number of benzene rings is 1. The van der Waals surface area contributed by atoms with E-state index in [1.807, 2.05) is 29.2 Å². The molecule has 4 rings (SSSR count). The predicted octanol–water partition coefficient (Wildman–Crippen LogP) is 4.02. The van der Waals surface area contributed by atoms with E-state index in [1.54, 1.807) is 12.2 Å². The molecule has 2 heterocycles. The zero-order valence-corrected chi connectivity index (χ0v) is 14.7. The van der Waals surface area contributed by atoms with Crippen LogP contribution in [0.5, 0.6) is 0 Å². The number of rotatable bonds is 4. The number of piperidine rings is 1. The van der Waals surface area contributed by atoms with E-state index in [0.717, 1.165) is 43.0 Å². The Hall–Kier alpha value is -2.14. The minimum Gasteiger partial charge on any atom is -0.425 e.